The summed E-state index contributed by atoms with van der Waals surface area (Å²) in [5.74, 6) is -0.922. The summed E-state index contributed by atoms with van der Waals surface area (Å²) in [5.41, 5.74) is 0.309. The lowest BCUT2D eigenvalue weighted by atomic mass is 10.0. The van der Waals surface area contributed by atoms with Gasteiger partial charge in [0.2, 0.25) is 0 Å². The third kappa shape index (κ3) is 3.74. The maximum absolute atomic E-state index is 12.2. The molecule has 0 aliphatic rings. The third-order valence-electron chi connectivity index (χ3n) is 3.39. The Morgan fingerprint density at radius 1 is 1.17 bits per heavy atom. The van der Waals surface area contributed by atoms with E-state index >= 15 is 0 Å². The molecule has 2 unspecified atom stereocenters. The maximum atomic E-state index is 12.2. The average molecular weight is 335 g/mol. The third-order valence-corrected chi connectivity index (χ3v) is 3.39. The molecule has 2 N–H and O–H groups in total. The second-order valence-electron chi connectivity index (χ2n) is 6.40. The molecule has 0 fully saturated rings. The van der Waals surface area contributed by atoms with Crippen LogP contribution in [0.15, 0.2) is 30.5 Å². The van der Waals surface area contributed by atoms with Crippen molar-refractivity contribution in [2.75, 3.05) is 7.11 Å². The monoisotopic (exact) mass is 335 g/mol. The first-order valence-electron chi connectivity index (χ1n) is 7.42. The van der Waals surface area contributed by atoms with Gasteiger partial charge in [-0.25, -0.2) is 9.59 Å². The highest BCUT2D eigenvalue weighted by Gasteiger charge is 2.27. The highest BCUT2D eigenvalue weighted by atomic mass is 16.6. The molecule has 0 aliphatic heterocycles. The zero-order chi connectivity index (χ0) is 18.1. The predicted octanol–water partition coefficient (Wildman–Crippen LogP) is 1.99. The number of benzene rings is 1. The molecule has 2 rings (SSSR count). The summed E-state index contributed by atoms with van der Waals surface area (Å²) >= 11 is 0. The van der Waals surface area contributed by atoms with Crippen LogP contribution in [0.25, 0.3) is 10.9 Å². The van der Waals surface area contributed by atoms with E-state index in [9.17, 15) is 19.8 Å². The Kier molecular flexibility index (Phi) is 4.96. The van der Waals surface area contributed by atoms with E-state index in [1.165, 1.54) is 10.6 Å². The molecule has 0 saturated carbocycles. The fourth-order valence-corrected chi connectivity index (χ4v) is 2.25. The minimum Gasteiger partial charge on any atom is -0.467 e. The summed E-state index contributed by atoms with van der Waals surface area (Å²) in [5, 5.41) is 20.5. The largest absolute Gasteiger partial charge is 0.467 e. The van der Waals surface area contributed by atoms with Gasteiger partial charge in [0.05, 0.1) is 12.6 Å². The number of ether oxygens (including phenoxy) is 2. The zero-order valence-corrected chi connectivity index (χ0v) is 14.0. The fraction of sp³-hybridized carbons (Fsp3) is 0.412. The Morgan fingerprint density at radius 2 is 1.83 bits per heavy atom. The van der Waals surface area contributed by atoms with E-state index in [4.69, 9.17) is 4.74 Å². The number of methoxy groups -OCH3 is 1. The number of aliphatic hydroxyl groups is 2. The molecular formula is C17H21NO6. The van der Waals surface area contributed by atoms with Crippen LogP contribution in [0.4, 0.5) is 4.79 Å². The molecule has 0 aliphatic carbocycles. The van der Waals surface area contributed by atoms with Crippen molar-refractivity contribution < 1.29 is 29.3 Å². The lowest BCUT2D eigenvalue weighted by Crippen LogP contribution is -2.29. The van der Waals surface area contributed by atoms with Crippen molar-refractivity contribution in [1.82, 2.24) is 4.57 Å². The number of hydrogen-bond acceptors (Lipinski definition) is 6. The summed E-state index contributed by atoms with van der Waals surface area (Å²) in [6.45, 7) is 5.33. The molecule has 1 heterocycles. The highest BCUT2D eigenvalue weighted by molar-refractivity contribution is 5.90. The van der Waals surface area contributed by atoms with Crippen LogP contribution in [-0.4, -0.2) is 45.7 Å². The van der Waals surface area contributed by atoms with E-state index in [1.54, 1.807) is 45.2 Å². The normalized spacial score (nSPS) is 14.2. The SMILES string of the molecule is COC(=O)C(O)C(O)c1ccc2c(ccn2C(=O)OC(C)(C)C)c1. The molecule has 2 atom stereocenters. The van der Waals surface area contributed by atoms with Gasteiger partial charge < -0.3 is 19.7 Å². The smallest absolute Gasteiger partial charge is 0.418 e. The second-order valence-corrected chi connectivity index (χ2v) is 6.40. The molecular weight excluding hydrogens is 314 g/mol. The van der Waals surface area contributed by atoms with E-state index < -0.39 is 29.9 Å². The molecule has 2 aromatic rings. The number of hydrogen-bond donors (Lipinski definition) is 2. The summed E-state index contributed by atoms with van der Waals surface area (Å²) in [6.07, 6.45) is -2.06. The van der Waals surface area contributed by atoms with Crippen LogP contribution in [0, 0.1) is 0 Å². The minimum atomic E-state index is -1.68. The van der Waals surface area contributed by atoms with Gasteiger partial charge in [-0.1, -0.05) is 6.07 Å². The summed E-state index contributed by atoms with van der Waals surface area (Å²) in [4.78, 5) is 23.5. The van der Waals surface area contributed by atoms with Gasteiger partial charge in [-0.3, -0.25) is 4.57 Å². The van der Waals surface area contributed by atoms with Gasteiger partial charge in [0.25, 0.3) is 0 Å². The van der Waals surface area contributed by atoms with Crippen LogP contribution in [0.2, 0.25) is 0 Å². The van der Waals surface area contributed by atoms with Crippen molar-refractivity contribution in [2.45, 2.75) is 38.6 Å². The van der Waals surface area contributed by atoms with E-state index in [1.807, 2.05) is 0 Å². The van der Waals surface area contributed by atoms with Crippen LogP contribution < -0.4 is 0 Å². The van der Waals surface area contributed by atoms with E-state index in [2.05, 4.69) is 4.74 Å². The number of fused-ring (bicyclic) bond motifs is 1. The first-order chi connectivity index (χ1) is 11.1. The molecule has 1 aromatic heterocycles. The van der Waals surface area contributed by atoms with Gasteiger partial charge in [-0.2, -0.15) is 0 Å². The Bertz CT molecular complexity index is 758. The van der Waals surface area contributed by atoms with Crippen molar-refractivity contribution in [2.24, 2.45) is 0 Å². The summed E-state index contributed by atoms with van der Waals surface area (Å²) in [7, 11) is 1.13. The second kappa shape index (κ2) is 6.62. The van der Waals surface area contributed by atoms with E-state index in [0.29, 0.717) is 16.5 Å². The molecule has 7 nitrogen and oxygen atoms in total. The van der Waals surface area contributed by atoms with Crippen LogP contribution in [-0.2, 0) is 14.3 Å². The number of nitrogens with zero attached hydrogens (tertiary/aromatic N) is 1. The van der Waals surface area contributed by atoms with E-state index in [0.717, 1.165) is 7.11 Å². The Labute approximate surface area is 139 Å². The summed E-state index contributed by atoms with van der Waals surface area (Å²) < 4.78 is 11.1. The lowest BCUT2D eigenvalue weighted by Gasteiger charge is -2.20. The first-order valence-corrected chi connectivity index (χ1v) is 7.42. The number of aliphatic hydroxyl groups excluding tert-OH is 2. The fourth-order valence-electron chi connectivity index (χ4n) is 2.25. The summed E-state index contributed by atoms with van der Waals surface area (Å²) in [6, 6.07) is 6.41. The van der Waals surface area contributed by atoms with Crippen LogP contribution >= 0.6 is 0 Å². The van der Waals surface area contributed by atoms with E-state index in [-0.39, 0.29) is 0 Å². The van der Waals surface area contributed by atoms with Crippen molar-refractivity contribution in [3.05, 3.63) is 36.0 Å². The number of rotatable bonds is 3. The molecule has 0 amide bonds. The number of carbonyl (C=O) groups is 2. The topological polar surface area (TPSA) is 98.0 Å². The quantitative estimate of drug-likeness (QED) is 0.833. The van der Waals surface area contributed by atoms with Gasteiger partial charge in [0, 0.05) is 11.6 Å². The molecule has 0 radical (unpaired) electrons. The lowest BCUT2D eigenvalue weighted by molar-refractivity contribution is -0.156. The molecule has 0 spiro atoms. The van der Waals surface area contributed by atoms with Crippen molar-refractivity contribution >= 4 is 23.0 Å². The molecule has 0 bridgehead atoms. The molecule has 0 saturated heterocycles. The Hall–Kier alpha value is -2.38. The Balaban J connectivity index is 2.31. The Morgan fingerprint density at radius 3 is 2.42 bits per heavy atom. The van der Waals surface area contributed by atoms with Crippen molar-refractivity contribution in [3.63, 3.8) is 0 Å². The van der Waals surface area contributed by atoms with Gasteiger partial charge in [-0.05, 0) is 44.5 Å². The molecule has 1 aromatic carbocycles. The minimum absolute atomic E-state index is 0.335. The number of aromatic nitrogens is 1. The van der Waals surface area contributed by atoms with Crippen LogP contribution in [0.3, 0.4) is 0 Å². The van der Waals surface area contributed by atoms with Crippen molar-refractivity contribution in [3.8, 4) is 0 Å². The molecule has 130 valence electrons. The van der Waals surface area contributed by atoms with Crippen LogP contribution in [0.5, 0.6) is 0 Å². The maximum Gasteiger partial charge on any atom is 0.418 e. The zero-order valence-electron chi connectivity index (χ0n) is 14.0. The van der Waals surface area contributed by atoms with Gasteiger partial charge in [0.15, 0.2) is 6.10 Å². The van der Waals surface area contributed by atoms with Gasteiger partial charge >= 0.3 is 12.1 Å². The highest BCUT2D eigenvalue weighted by Crippen LogP contribution is 2.24. The molecule has 24 heavy (non-hydrogen) atoms. The standard InChI is InChI=1S/C17H21NO6/c1-17(2,3)24-16(22)18-8-7-10-9-11(5-6-12(10)18)13(19)14(20)15(21)23-4/h5-9,13-14,19-20H,1-4H3. The van der Waals surface area contributed by atoms with Gasteiger partial charge in [0.1, 0.15) is 11.7 Å². The number of esters is 1. The number of carbonyl (C=O) groups excluding carboxylic acids is 2. The first kappa shape index (κ1) is 18.0. The molecule has 7 heteroatoms. The van der Waals surface area contributed by atoms with Crippen LogP contribution in [0.1, 0.15) is 32.4 Å². The van der Waals surface area contributed by atoms with Gasteiger partial charge in [-0.15, -0.1) is 0 Å². The predicted molar refractivity (Wildman–Crippen MR) is 86.6 cm³/mol. The average Bonchev–Trinajstić information content (AvgIpc) is 2.94. The van der Waals surface area contributed by atoms with Crippen molar-refractivity contribution in [1.29, 1.82) is 0 Å².